The van der Waals surface area contributed by atoms with E-state index in [1.807, 2.05) is 30.3 Å². The van der Waals surface area contributed by atoms with Crippen LogP contribution in [0.25, 0.3) is 0 Å². The van der Waals surface area contributed by atoms with Crippen molar-refractivity contribution in [2.24, 2.45) is 15.9 Å². The highest BCUT2D eigenvalue weighted by Crippen LogP contribution is 2.18. The summed E-state index contributed by atoms with van der Waals surface area (Å²) in [6.07, 6.45) is 1.01. The van der Waals surface area contributed by atoms with Crippen LogP contribution < -0.4 is 5.73 Å². The molecule has 0 spiro atoms. The van der Waals surface area contributed by atoms with Gasteiger partial charge in [-0.2, -0.15) is 5.10 Å². The van der Waals surface area contributed by atoms with Crippen LogP contribution in [0.4, 0.5) is 8.78 Å². The van der Waals surface area contributed by atoms with E-state index in [9.17, 15) is 8.78 Å². The van der Waals surface area contributed by atoms with Crippen molar-refractivity contribution < 1.29 is 8.78 Å². The molecule has 0 aliphatic heterocycles. The standard InChI is InChI=1S/C15H12BrF2N3S/c16-11-6-13(17)12(14(18)7-11)8-20-21-15(19)22-9-10-4-2-1-3-5-10/h1-8H,9H2,(H2,19,21). The van der Waals surface area contributed by atoms with Gasteiger partial charge in [0.2, 0.25) is 0 Å². The SMILES string of the molecule is NC(=NN=Cc1c(F)cc(Br)cc1F)SCc1ccccc1. The largest absolute Gasteiger partial charge is 0.377 e. The molecule has 0 aliphatic rings. The van der Waals surface area contributed by atoms with E-state index in [0.717, 1.165) is 23.9 Å². The highest BCUT2D eigenvalue weighted by Gasteiger charge is 2.08. The van der Waals surface area contributed by atoms with Crippen molar-refractivity contribution in [1.29, 1.82) is 0 Å². The summed E-state index contributed by atoms with van der Waals surface area (Å²) in [6.45, 7) is 0. The molecule has 0 heterocycles. The quantitative estimate of drug-likeness (QED) is 0.485. The van der Waals surface area contributed by atoms with Crippen LogP contribution in [0.1, 0.15) is 11.1 Å². The van der Waals surface area contributed by atoms with Crippen molar-refractivity contribution in [3.05, 3.63) is 69.7 Å². The van der Waals surface area contributed by atoms with E-state index in [4.69, 9.17) is 5.73 Å². The molecule has 2 aromatic rings. The van der Waals surface area contributed by atoms with Gasteiger partial charge in [-0.05, 0) is 17.7 Å². The van der Waals surface area contributed by atoms with Crippen LogP contribution in [-0.4, -0.2) is 11.4 Å². The Morgan fingerprint density at radius 2 is 1.82 bits per heavy atom. The maximum absolute atomic E-state index is 13.6. The molecule has 0 saturated heterocycles. The molecule has 22 heavy (non-hydrogen) atoms. The number of rotatable bonds is 4. The maximum atomic E-state index is 13.6. The summed E-state index contributed by atoms with van der Waals surface area (Å²) < 4.78 is 27.4. The van der Waals surface area contributed by atoms with Gasteiger partial charge in [0.05, 0.1) is 11.8 Å². The first-order valence-electron chi connectivity index (χ1n) is 6.24. The lowest BCUT2D eigenvalue weighted by atomic mass is 10.2. The van der Waals surface area contributed by atoms with Crippen LogP contribution in [0.3, 0.4) is 0 Å². The Bertz CT molecular complexity index is 682. The maximum Gasteiger partial charge on any atom is 0.180 e. The van der Waals surface area contributed by atoms with Gasteiger partial charge < -0.3 is 5.73 Å². The summed E-state index contributed by atoms with van der Waals surface area (Å²) in [7, 11) is 0. The van der Waals surface area contributed by atoms with Crippen LogP contribution in [0, 0.1) is 11.6 Å². The van der Waals surface area contributed by atoms with Crippen molar-refractivity contribution in [3.8, 4) is 0 Å². The summed E-state index contributed by atoms with van der Waals surface area (Å²) in [6, 6.07) is 12.0. The molecule has 0 fully saturated rings. The summed E-state index contributed by atoms with van der Waals surface area (Å²) in [5, 5.41) is 7.57. The Hall–Kier alpha value is -1.73. The van der Waals surface area contributed by atoms with Gasteiger partial charge in [-0.25, -0.2) is 8.78 Å². The number of hydrogen-bond donors (Lipinski definition) is 1. The van der Waals surface area contributed by atoms with E-state index in [2.05, 4.69) is 26.1 Å². The average molecular weight is 384 g/mol. The van der Waals surface area contributed by atoms with Gasteiger partial charge in [0, 0.05) is 10.2 Å². The molecule has 2 rings (SSSR count). The smallest absolute Gasteiger partial charge is 0.180 e. The first-order chi connectivity index (χ1) is 10.6. The van der Waals surface area contributed by atoms with Crippen molar-refractivity contribution in [2.45, 2.75) is 5.75 Å². The van der Waals surface area contributed by atoms with Crippen molar-refractivity contribution in [2.75, 3.05) is 0 Å². The number of nitrogens with two attached hydrogens (primary N) is 1. The minimum Gasteiger partial charge on any atom is -0.377 e. The monoisotopic (exact) mass is 383 g/mol. The lowest BCUT2D eigenvalue weighted by Gasteiger charge is -2.00. The molecule has 2 aromatic carbocycles. The van der Waals surface area contributed by atoms with E-state index < -0.39 is 11.6 Å². The fourth-order valence-electron chi connectivity index (χ4n) is 1.58. The predicted molar refractivity (Wildman–Crippen MR) is 91.0 cm³/mol. The predicted octanol–water partition coefficient (Wildman–Crippen LogP) is 4.31. The van der Waals surface area contributed by atoms with Crippen LogP contribution in [0.2, 0.25) is 0 Å². The normalized spacial score (nSPS) is 12.0. The van der Waals surface area contributed by atoms with Crippen LogP contribution in [0.15, 0.2) is 57.1 Å². The van der Waals surface area contributed by atoms with Gasteiger partial charge in [-0.1, -0.05) is 58.0 Å². The Labute approximate surface area is 139 Å². The third-order valence-corrected chi connectivity index (χ3v) is 3.93. The molecule has 0 atom stereocenters. The molecule has 3 nitrogen and oxygen atoms in total. The van der Waals surface area contributed by atoms with E-state index in [1.165, 1.54) is 11.8 Å². The van der Waals surface area contributed by atoms with Gasteiger partial charge in [0.25, 0.3) is 0 Å². The molecule has 2 N–H and O–H groups in total. The Morgan fingerprint density at radius 1 is 1.18 bits per heavy atom. The number of hydrogen-bond acceptors (Lipinski definition) is 3. The topological polar surface area (TPSA) is 50.7 Å². The molecule has 0 unspecified atom stereocenters. The Kier molecular flexibility index (Phi) is 6.09. The number of benzene rings is 2. The first-order valence-corrected chi connectivity index (χ1v) is 8.02. The molecule has 0 amide bonds. The summed E-state index contributed by atoms with van der Waals surface area (Å²) in [4.78, 5) is 0. The second-order valence-corrected chi connectivity index (χ2v) is 6.15. The Morgan fingerprint density at radius 3 is 2.45 bits per heavy atom. The average Bonchev–Trinajstić information content (AvgIpc) is 2.49. The van der Waals surface area contributed by atoms with Crippen molar-refractivity contribution in [3.63, 3.8) is 0 Å². The number of amidine groups is 1. The van der Waals surface area contributed by atoms with Crippen LogP contribution in [0.5, 0.6) is 0 Å². The third kappa shape index (κ3) is 4.92. The molecule has 0 radical (unpaired) electrons. The van der Waals surface area contributed by atoms with Gasteiger partial charge in [-0.3, -0.25) is 0 Å². The molecule has 114 valence electrons. The van der Waals surface area contributed by atoms with Gasteiger partial charge in [0.1, 0.15) is 11.6 Å². The second kappa shape index (κ2) is 8.05. The van der Waals surface area contributed by atoms with E-state index in [1.54, 1.807) is 0 Å². The molecular weight excluding hydrogens is 372 g/mol. The van der Waals surface area contributed by atoms with Gasteiger partial charge in [-0.15, -0.1) is 5.10 Å². The summed E-state index contributed by atoms with van der Waals surface area (Å²) in [5.41, 5.74) is 6.53. The summed E-state index contributed by atoms with van der Waals surface area (Å²) in [5.74, 6) is -0.796. The molecule has 7 heteroatoms. The van der Waals surface area contributed by atoms with Crippen LogP contribution in [-0.2, 0) is 5.75 Å². The zero-order valence-corrected chi connectivity index (χ0v) is 13.7. The van der Waals surface area contributed by atoms with E-state index in [0.29, 0.717) is 10.2 Å². The molecule has 0 bridgehead atoms. The van der Waals surface area contributed by atoms with Crippen molar-refractivity contribution in [1.82, 2.24) is 0 Å². The van der Waals surface area contributed by atoms with Crippen LogP contribution >= 0.6 is 27.7 Å². The third-order valence-electron chi connectivity index (χ3n) is 2.62. The first kappa shape index (κ1) is 16.6. The van der Waals surface area contributed by atoms with E-state index in [-0.39, 0.29) is 10.7 Å². The zero-order valence-electron chi connectivity index (χ0n) is 11.3. The molecule has 0 aromatic heterocycles. The van der Waals surface area contributed by atoms with Crippen molar-refractivity contribution >= 4 is 39.1 Å². The van der Waals surface area contributed by atoms with Gasteiger partial charge in [0.15, 0.2) is 5.17 Å². The number of nitrogens with zero attached hydrogens (tertiary/aromatic N) is 2. The fourth-order valence-corrected chi connectivity index (χ4v) is 2.59. The summed E-state index contributed by atoms with van der Waals surface area (Å²) >= 11 is 4.30. The Balaban J connectivity index is 1.99. The second-order valence-electron chi connectivity index (χ2n) is 4.24. The number of thioether (sulfide) groups is 1. The number of halogens is 3. The lowest BCUT2D eigenvalue weighted by Crippen LogP contribution is -2.06. The molecule has 0 aliphatic carbocycles. The zero-order chi connectivity index (χ0) is 15.9. The fraction of sp³-hybridized carbons (Fsp3) is 0.0667. The highest BCUT2D eigenvalue weighted by molar-refractivity contribution is 9.10. The van der Waals surface area contributed by atoms with Gasteiger partial charge >= 0.3 is 0 Å². The lowest BCUT2D eigenvalue weighted by molar-refractivity contribution is 0.578. The minimum atomic E-state index is -0.721. The molecule has 0 saturated carbocycles. The van der Waals surface area contributed by atoms with E-state index >= 15 is 0 Å². The highest BCUT2D eigenvalue weighted by atomic mass is 79.9. The molecular formula is C15H12BrF2N3S. The minimum absolute atomic E-state index is 0.220.